The van der Waals surface area contributed by atoms with E-state index in [0.29, 0.717) is 6.54 Å². The van der Waals surface area contributed by atoms with Gasteiger partial charge in [0.25, 0.3) is 5.91 Å². The molecule has 1 saturated heterocycles. The molecule has 1 fully saturated rings. The van der Waals surface area contributed by atoms with Crippen LogP contribution < -0.4 is 5.32 Å². The lowest BCUT2D eigenvalue weighted by atomic mass is 10.2. The normalized spacial score (nSPS) is 19.3. The second-order valence-corrected chi connectivity index (χ2v) is 8.09. The van der Waals surface area contributed by atoms with Crippen molar-refractivity contribution >= 4 is 33.2 Å². The number of carbonyl (C=O) groups is 2. The Kier molecular flexibility index (Phi) is 4.35. The Labute approximate surface area is 127 Å². The number of nitrogens with one attached hydrogen (secondary N) is 1. The highest BCUT2D eigenvalue weighted by molar-refractivity contribution is 7.89. The number of hydrogen-bond donors (Lipinski definition) is 1. The van der Waals surface area contributed by atoms with E-state index in [1.807, 2.05) is 0 Å². The molecule has 0 spiro atoms. The van der Waals surface area contributed by atoms with Gasteiger partial charge in [-0.05, 0) is 11.4 Å². The van der Waals surface area contributed by atoms with Crippen molar-refractivity contribution in [3.63, 3.8) is 0 Å². The molecule has 1 aliphatic rings. The Morgan fingerprint density at radius 1 is 1.48 bits per heavy atom. The van der Waals surface area contributed by atoms with Crippen molar-refractivity contribution in [2.45, 2.75) is 17.4 Å². The van der Waals surface area contributed by atoms with E-state index >= 15 is 0 Å². The molecule has 1 unspecified atom stereocenters. The van der Waals surface area contributed by atoms with Crippen LogP contribution in [0.2, 0.25) is 0 Å². The smallest absolute Gasteiger partial charge is 0.263 e. The van der Waals surface area contributed by atoms with E-state index in [4.69, 9.17) is 0 Å². The minimum atomic E-state index is -3.66. The molecule has 1 aromatic rings. The Balaban J connectivity index is 2.19. The summed E-state index contributed by atoms with van der Waals surface area (Å²) in [5, 5.41) is 4.29. The van der Waals surface area contributed by atoms with Gasteiger partial charge in [0.2, 0.25) is 15.9 Å². The average molecular weight is 331 g/mol. The number of thiophene rings is 1. The standard InChI is InChI=1S/C12H17N3O4S2/c1-14(2)21(18,19)9-4-5-20-11(9)12(17)13-8-6-10(16)15(3)7-8/h4-5,8H,6-7H2,1-3H3,(H,13,17). The first kappa shape index (κ1) is 15.9. The molecule has 0 bridgehead atoms. The summed E-state index contributed by atoms with van der Waals surface area (Å²) in [6.07, 6.45) is 0.239. The van der Waals surface area contributed by atoms with Crippen LogP contribution in [0, 0.1) is 0 Å². The molecule has 21 heavy (non-hydrogen) atoms. The molecule has 1 N–H and O–H groups in total. The molecule has 1 aliphatic heterocycles. The van der Waals surface area contributed by atoms with Crippen LogP contribution in [-0.4, -0.2) is 63.2 Å². The minimum Gasteiger partial charge on any atom is -0.346 e. The Morgan fingerprint density at radius 2 is 2.14 bits per heavy atom. The summed E-state index contributed by atoms with van der Waals surface area (Å²) in [5.74, 6) is -0.494. The maximum Gasteiger partial charge on any atom is 0.263 e. The molecule has 9 heteroatoms. The van der Waals surface area contributed by atoms with Gasteiger partial charge in [-0.1, -0.05) is 0 Å². The van der Waals surface area contributed by atoms with Gasteiger partial charge in [-0.25, -0.2) is 12.7 Å². The van der Waals surface area contributed by atoms with Crippen LogP contribution >= 0.6 is 11.3 Å². The van der Waals surface area contributed by atoms with Gasteiger partial charge < -0.3 is 10.2 Å². The first-order valence-electron chi connectivity index (χ1n) is 6.28. The van der Waals surface area contributed by atoms with Crippen molar-refractivity contribution < 1.29 is 18.0 Å². The van der Waals surface area contributed by atoms with E-state index in [2.05, 4.69) is 5.32 Å². The lowest BCUT2D eigenvalue weighted by Crippen LogP contribution is -2.37. The predicted octanol–water partition coefficient (Wildman–Crippen LogP) is -0.0411. The zero-order valence-corrected chi connectivity index (χ0v) is 13.6. The molecular weight excluding hydrogens is 314 g/mol. The van der Waals surface area contributed by atoms with Crippen LogP contribution in [0.15, 0.2) is 16.3 Å². The number of nitrogens with zero attached hydrogens (tertiary/aromatic N) is 2. The maximum atomic E-state index is 12.3. The molecule has 7 nitrogen and oxygen atoms in total. The predicted molar refractivity (Wildman–Crippen MR) is 78.7 cm³/mol. The number of rotatable bonds is 4. The van der Waals surface area contributed by atoms with Gasteiger partial charge in [0.15, 0.2) is 0 Å². The fourth-order valence-electron chi connectivity index (χ4n) is 2.07. The highest BCUT2D eigenvalue weighted by Gasteiger charge is 2.31. The first-order valence-corrected chi connectivity index (χ1v) is 8.60. The van der Waals surface area contributed by atoms with Crippen molar-refractivity contribution in [1.29, 1.82) is 0 Å². The first-order chi connectivity index (χ1) is 9.73. The number of sulfonamides is 1. The summed E-state index contributed by atoms with van der Waals surface area (Å²) in [7, 11) is 0.841. The van der Waals surface area contributed by atoms with Gasteiger partial charge in [0.1, 0.15) is 9.77 Å². The Morgan fingerprint density at radius 3 is 2.67 bits per heavy atom. The third-order valence-corrected chi connectivity index (χ3v) is 6.17. The molecule has 0 aliphatic carbocycles. The van der Waals surface area contributed by atoms with Crippen LogP contribution in [0.3, 0.4) is 0 Å². The third-order valence-electron chi connectivity index (χ3n) is 3.27. The van der Waals surface area contributed by atoms with E-state index < -0.39 is 15.9 Å². The topological polar surface area (TPSA) is 86.8 Å². The zero-order chi connectivity index (χ0) is 15.8. The van der Waals surface area contributed by atoms with E-state index in [1.165, 1.54) is 25.1 Å². The molecule has 0 saturated carbocycles. The fourth-order valence-corrected chi connectivity index (χ4v) is 4.27. The summed E-state index contributed by atoms with van der Waals surface area (Å²) in [5.41, 5.74) is 0. The van der Waals surface area contributed by atoms with Gasteiger partial charge in [0.05, 0.1) is 6.04 Å². The van der Waals surface area contributed by atoms with E-state index in [-0.39, 0.29) is 28.1 Å². The van der Waals surface area contributed by atoms with Gasteiger partial charge in [0, 0.05) is 34.1 Å². The molecule has 116 valence electrons. The monoisotopic (exact) mass is 331 g/mol. The molecule has 2 rings (SSSR count). The second-order valence-electron chi connectivity index (χ2n) is 5.05. The van der Waals surface area contributed by atoms with E-state index in [9.17, 15) is 18.0 Å². The number of likely N-dealkylation sites (tertiary alicyclic amines) is 1. The van der Waals surface area contributed by atoms with E-state index in [1.54, 1.807) is 12.4 Å². The molecule has 2 amide bonds. The Hall–Kier alpha value is -1.45. The summed E-state index contributed by atoms with van der Waals surface area (Å²) in [6.45, 7) is 0.436. The number of amides is 2. The number of carbonyl (C=O) groups excluding carboxylic acids is 2. The van der Waals surface area contributed by atoms with Gasteiger partial charge >= 0.3 is 0 Å². The van der Waals surface area contributed by atoms with Crippen LogP contribution in [-0.2, 0) is 14.8 Å². The van der Waals surface area contributed by atoms with Crippen molar-refractivity contribution in [3.8, 4) is 0 Å². The fraction of sp³-hybridized carbons (Fsp3) is 0.500. The van der Waals surface area contributed by atoms with Crippen molar-refractivity contribution in [3.05, 3.63) is 16.3 Å². The summed E-state index contributed by atoms with van der Waals surface area (Å²) in [6, 6.07) is 1.13. The highest BCUT2D eigenvalue weighted by atomic mass is 32.2. The molecule has 2 heterocycles. The van der Waals surface area contributed by atoms with Crippen LogP contribution in [0.5, 0.6) is 0 Å². The minimum absolute atomic E-state index is 0.00678. The molecule has 1 aromatic heterocycles. The number of hydrogen-bond acceptors (Lipinski definition) is 5. The molecule has 0 radical (unpaired) electrons. The lowest BCUT2D eigenvalue weighted by Gasteiger charge is -2.14. The van der Waals surface area contributed by atoms with Crippen molar-refractivity contribution in [2.24, 2.45) is 0 Å². The second kappa shape index (κ2) is 5.74. The molecule has 0 aromatic carbocycles. The molecular formula is C12H17N3O4S2. The Bertz CT molecular complexity index is 666. The average Bonchev–Trinajstić information content (AvgIpc) is 2.97. The van der Waals surface area contributed by atoms with Crippen molar-refractivity contribution in [1.82, 2.24) is 14.5 Å². The van der Waals surface area contributed by atoms with Gasteiger partial charge in [-0.2, -0.15) is 0 Å². The van der Waals surface area contributed by atoms with Crippen molar-refractivity contribution in [2.75, 3.05) is 27.7 Å². The largest absolute Gasteiger partial charge is 0.346 e. The highest BCUT2D eigenvalue weighted by Crippen LogP contribution is 2.24. The van der Waals surface area contributed by atoms with Gasteiger partial charge in [-0.15, -0.1) is 11.3 Å². The summed E-state index contributed by atoms with van der Waals surface area (Å²) < 4.78 is 25.4. The van der Waals surface area contributed by atoms with Gasteiger partial charge in [-0.3, -0.25) is 9.59 Å². The quantitative estimate of drug-likeness (QED) is 0.839. The lowest BCUT2D eigenvalue weighted by molar-refractivity contribution is -0.126. The van der Waals surface area contributed by atoms with E-state index in [0.717, 1.165) is 15.6 Å². The zero-order valence-electron chi connectivity index (χ0n) is 12.0. The van der Waals surface area contributed by atoms with Crippen LogP contribution in [0.4, 0.5) is 0 Å². The summed E-state index contributed by atoms with van der Waals surface area (Å²) in [4.78, 5) is 25.4. The summed E-state index contributed by atoms with van der Waals surface area (Å²) >= 11 is 1.07. The van der Waals surface area contributed by atoms with Crippen LogP contribution in [0.25, 0.3) is 0 Å². The van der Waals surface area contributed by atoms with Crippen LogP contribution in [0.1, 0.15) is 16.1 Å². The number of likely N-dealkylation sites (N-methyl/N-ethyl adjacent to an activating group) is 1. The molecule has 1 atom stereocenters. The maximum absolute atomic E-state index is 12.3. The SMILES string of the molecule is CN1CC(NC(=O)c2sccc2S(=O)(=O)N(C)C)CC1=O. The third kappa shape index (κ3) is 3.09.